The summed E-state index contributed by atoms with van der Waals surface area (Å²) >= 11 is 0. The third-order valence-electron chi connectivity index (χ3n) is 3.30. The molecule has 0 radical (unpaired) electrons. The van der Waals surface area contributed by atoms with E-state index in [9.17, 15) is 37.5 Å². The lowest BCUT2D eigenvalue weighted by Crippen LogP contribution is -2.64. The van der Waals surface area contributed by atoms with Gasteiger partial charge in [0.05, 0.1) is 13.2 Å². The van der Waals surface area contributed by atoms with Gasteiger partial charge in [-0.2, -0.15) is 13.2 Å². The first-order valence-electron chi connectivity index (χ1n) is 8.70. The number of esters is 3. The summed E-state index contributed by atoms with van der Waals surface area (Å²) in [6.07, 6.45) is -12.5. The lowest BCUT2D eigenvalue weighted by molar-refractivity contribution is -0.385. The molecule has 0 bridgehead atoms. The van der Waals surface area contributed by atoms with Crippen molar-refractivity contribution in [3.63, 3.8) is 0 Å². The smallest absolute Gasteiger partial charge is 0.430 e. The molecule has 4 N–H and O–H groups in total. The van der Waals surface area contributed by atoms with E-state index in [0.29, 0.717) is 6.54 Å². The predicted octanol–water partition coefficient (Wildman–Crippen LogP) is -2.85. The molecule has 184 valence electrons. The van der Waals surface area contributed by atoms with Crippen molar-refractivity contribution in [2.45, 2.75) is 57.7 Å². The van der Waals surface area contributed by atoms with Crippen LogP contribution in [0.25, 0.3) is 0 Å². The lowest BCUT2D eigenvalue weighted by Gasteiger charge is -2.42. The van der Waals surface area contributed by atoms with E-state index in [0.717, 1.165) is 20.8 Å². The molecular weight excluding hydrogens is 455 g/mol. The van der Waals surface area contributed by atoms with Crippen LogP contribution < -0.4 is 10.8 Å². The van der Waals surface area contributed by atoms with Crippen molar-refractivity contribution in [3.05, 3.63) is 0 Å². The zero-order chi connectivity index (χ0) is 25.2. The van der Waals surface area contributed by atoms with Crippen molar-refractivity contribution in [3.8, 4) is 0 Å². The van der Waals surface area contributed by atoms with Crippen LogP contribution in [0.15, 0.2) is 0 Å². The van der Waals surface area contributed by atoms with E-state index in [-0.39, 0.29) is 6.61 Å². The first-order valence-corrected chi connectivity index (χ1v) is 8.70. The highest BCUT2D eigenvalue weighted by molar-refractivity contribution is 5.75. The average molecular weight is 477 g/mol. The van der Waals surface area contributed by atoms with Gasteiger partial charge in [0.1, 0.15) is 5.97 Å². The summed E-state index contributed by atoms with van der Waals surface area (Å²) in [5.41, 5.74) is 3.57. The number of rotatable bonds is 7. The SMILES string of the molecule is CC(=O)O[C@@H]1[C@@H](OC(C)=O)[C@H](OCC[NH3+])O[C@H](C(=O)O)[C@H]1OC(C)=O.O=C([O-])C(F)(F)F. The molecule has 1 heterocycles. The molecule has 0 unspecified atom stereocenters. The fourth-order valence-corrected chi connectivity index (χ4v) is 2.31. The second-order valence-electron chi connectivity index (χ2n) is 6.00. The minimum Gasteiger partial charge on any atom is -0.542 e. The van der Waals surface area contributed by atoms with Gasteiger partial charge >= 0.3 is 30.1 Å². The van der Waals surface area contributed by atoms with Crippen LogP contribution >= 0.6 is 0 Å². The summed E-state index contributed by atoms with van der Waals surface area (Å²) in [7, 11) is 0. The molecule has 0 spiro atoms. The van der Waals surface area contributed by atoms with E-state index in [1.807, 2.05) is 0 Å². The van der Waals surface area contributed by atoms with Crippen molar-refractivity contribution in [2.75, 3.05) is 13.2 Å². The Balaban J connectivity index is 0.00000118. The number of halogens is 3. The minimum absolute atomic E-state index is 0.0692. The van der Waals surface area contributed by atoms with E-state index >= 15 is 0 Å². The predicted molar refractivity (Wildman–Crippen MR) is 87.7 cm³/mol. The van der Waals surface area contributed by atoms with Gasteiger partial charge in [0.2, 0.25) is 0 Å². The van der Waals surface area contributed by atoms with Gasteiger partial charge in [0, 0.05) is 20.8 Å². The summed E-state index contributed by atoms with van der Waals surface area (Å²) < 4.78 is 57.3. The number of ether oxygens (including phenoxy) is 5. The molecule has 0 aromatic rings. The van der Waals surface area contributed by atoms with Crippen LogP contribution in [0, 0.1) is 0 Å². The molecule has 0 aromatic heterocycles. The molecule has 0 saturated carbocycles. The van der Waals surface area contributed by atoms with Crippen LogP contribution in [0.3, 0.4) is 0 Å². The molecule has 1 aliphatic rings. The molecule has 1 saturated heterocycles. The Bertz CT molecular complexity index is 698. The van der Waals surface area contributed by atoms with Crippen LogP contribution in [0.2, 0.25) is 0 Å². The Labute approximate surface area is 178 Å². The van der Waals surface area contributed by atoms with Gasteiger partial charge in [-0.25, -0.2) is 4.79 Å². The molecule has 1 fully saturated rings. The van der Waals surface area contributed by atoms with Crippen LogP contribution in [-0.4, -0.2) is 85.0 Å². The Kier molecular flexibility index (Phi) is 11.6. The van der Waals surface area contributed by atoms with E-state index < -0.39 is 66.7 Å². The monoisotopic (exact) mass is 477 g/mol. The van der Waals surface area contributed by atoms with Gasteiger partial charge in [0.15, 0.2) is 30.7 Å². The number of quaternary nitrogens is 1. The summed E-state index contributed by atoms with van der Waals surface area (Å²) in [5.74, 6) is -6.83. The molecule has 5 atom stereocenters. The van der Waals surface area contributed by atoms with Gasteiger partial charge in [-0.3, -0.25) is 14.4 Å². The molecule has 0 aliphatic carbocycles. The maximum Gasteiger partial charge on any atom is 0.430 e. The second kappa shape index (κ2) is 12.8. The molecule has 0 amide bonds. The maximum atomic E-state index is 11.5. The summed E-state index contributed by atoms with van der Waals surface area (Å²) in [5, 5.41) is 18.1. The van der Waals surface area contributed by atoms with Crippen LogP contribution in [0.4, 0.5) is 13.2 Å². The van der Waals surface area contributed by atoms with E-state index in [2.05, 4.69) is 5.73 Å². The largest absolute Gasteiger partial charge is 0.542 e. The number of aliphatic carboxylic acids is 2. The molecule has 1 aliphatic heterocycles. The van der Waals surface area contributed by atoms with Gasteiger partial charge in [-0.05, 0) is 0 Å². The first-order chi connectivity index (χ1) is 14.6. The molecule has 13 nitrogen and oxygen atoms in total. The third-order valence-corrected chi connectivity index (χ3v) is 3.30. The number of carboxylic acids is 2. The van der Waals surface area contributed by atoms with Crippen LogP contribution in [0.5, 0.6) is 0 Å². The van der Waals surface area contributed by atoms with Gasteiger partial charge in [-0.15, -0.1) is 0 Å². The Hall–Kier alpha value is -2.98. The topological polar surface area (TPSA) is 202 Å². The van der Waals surface area contributed by atoms with E-state index in [1.165, 1.54) is 0 Å². The normalized spacial score (nSPS) is 24.9. The maximum absolute atomic E-state index is 11.5. The molecule has 16 heteroatoms. The number of alkyl halides is 3. The molecule has 0 aromatic carbocycles. The summed E-state index contributed by atoms with van der Waals surface area (Å²) in [6.45, 7) is 3.63. The van der Waals surface area contributed by atoms with Gasteiger partial charge in [0.25, 0.3) is 0 Å². The fourth-order valence-electron chi connectivity index (χ4n) is 2.31. The number of carbonyl (C=O) groups is 5. The highest BCUT2D eigenvalue weighted by atomic mass is 19.4. The van der Waals surface area contributed by atoms with Crippen molar-refractivity contribution < 1.29 is 76.8 Å². The summed E-state index contributed by atoms with van der Waals surface area (Å²) in [4.78, 5) is 54.4. The first kappa shape index (κ1) is 29.0. The van der Waals surface area contributed by atoms with E-state index in [4.69, 9.17) is 33.6 Å². The molecule has 1 rings (SSSR count). The minimum atomic E-state index is -5.19. The number of hydrogen-bond donors (Lipinski definition) is 2. The van der Waals surface area contributed by atoms with Gasteiger partial charge in [-0.1, -0.05) is 0 Å². The molecular formula is C16H22F3NO12. The Morgan fingerprint density at radius 2 is 1.34 bits per heavy atom. The van der Waals surface area contributed by atoms with Crippen molar-refractivity contribution in [1.29, 1.82) is 0 Å². The van der Waals surface area contributed by atoms with Crippen molar-refractivity contribution >= 4 is 29.8 Å². The second-order valence-corrected chi connectivity index (χ2v) is 6.00. The van der Waals surface area contributed by atoms with Gasteiger partial charge < -0.3 is 44.4 Å². The zero-order valence-corrected chi connectivity index (χ0v) is 17.1. The third kappa shape index (κ3) is 9.88. The standard InChI is InChI=1S/C14H21NO10.C2HF3O2/c1-6(16)22-9-10(23-7(2)17)12(24-8(3)18)14(21-5-4-15)25-11(9)13(19)20;3-2(4,5)1(6)7/h9-12,14H,4-5,15H2,1-3H3,(H,19,20);(H,6,7)/t9-,10-,11-,12+,14+;/m0./s1. The lowest BCUT2D eigenvalue weighted by atomic mass is 9.98. The fraction of sp³-hybridized carbons (Fsp3) is 0.688. The van der Waals surface area contributed by atoms with E-state index in [1.54, 1.807) is 0 Å². The molecule has 32 heavy (non-hydrogen) atoms. The Morgan fingerprint density at radius 1 is 0.938 bits per heavy atom. The highest BCUT2D eigenvalue weighted by Crippen LogP contribution is 2.29. The number of carbonyl (C=O) groups excluding carboxylic acids is 4. The summed E-state index contributed by atoms with van der Waals surface area (Å²) in [6, 6.07) is 0. The highest BCUT2D eigenvalue weighted by Gasteiger charge is 2.54. The quantitative estimate of drug-likeness (QED) is 0.281. The van der Waals surface area contributed by atoms with Crippen LogP contribution in [-0.2, 0) is 47.7 Å². The number of carboxylic acid groups (broad SMARTS) is 2. The number of hydrogen-bond acceptors (Lipinski definition) is 11. The van der Waals surface area contributed by atoms with Crippen molar-refractivity contribution in [2.24, 2.45) is 0 Å². The van der Waals surface area contributed by atoms with Crippen molar-refractivity contribution in [1.82, 2.24) is 0 Å². The zero-order valence-electron chi connectivity index (χ0n) is 17.1. The van der Waals surface area contributed by atoms with Crippen LogP contribution in [0.1, 0.15) is 20.8 Å². The average Bonchev–Trinajstić information content (AvgIpc) is 2.61. The Morgan fingerprint density at radius 3 is 1.69 bits per heavy atom.